The van der Waals surface area contributed by atoms with E-state index in [1.54, 1.807) is 0 Å². The molecule has 1 aliphatic heterocycles. The first-order valence-corrected chi connectivity index (χ1v) is 9.36. The average Bonchev–Trinajstić information content (AvgIpc) is 2.55. The normalized spacial score (nSPS) is 16.0. The molecule has 1 fully saturated rings. The SMILES string of the molecule is CCOc1ccc(OCCNC(=O)CN2CCS(=O)CC2)cc1. The van der Waals surface area contributed by atoms with Crippen LogP contribution < -0.4 is 14.8 Å². The maximum Gasteiger partial charge on any atom is 0.234 e. The number of hydrogen-bond donors (Lipinski definition) is 1. The van der Waals surface area contributed by atoms with Crippen molar-refractivity contribution in [2.24, 2.45) is 0 Å². The van der Waals surface area contributed by atoms with Crippen LogP contribution in [0.3, 0.4) is 0 Å². The number of nitrogens with one attached hydrogen (secondary N) is 1. The van der Waals surface area contributed by atoms with Gasteiger partial charge >= 0.3 is 0 Å². The van der Waals surface area contributed by atoms with Crippen molar-refractivity contribution in [3.63, 3.8) is 0 Å². The summed E-state index contributed by atoms with van der Waals surface area (Å²) in [5.74, 6) is 2.87. The highest BCUT2D eigenvalue weighted by Crippen LogP contribution is 2.17. The molecule has 6 nitrogen and oxygen atoms in total. The van der Waals surface area contributed by atoms with Gasteiger partial charge in [-0.05, 0) is 31.2 Å². The fourth-order valence-corrected chi connectivity index (χ4v) is 3.38. The third-order valence-corrected chi connectivity index (χ3v) is 4.74. The van der Waals surface area contributed by atoms with E-state index in [2.05, 4.69) is 5.32 Å². The van der Waals surface area contributed by atoms with E-state index in [0.717, 1.165) is 24.6 Å². The van der Waals surface area contributed by atoms with Crippen LogP contribution in [0, 0.1) is 0 Å². The second kappa shape index (κ2) is 9.52. The number of hydrogen-bond acceptors (Lipinski definition) is 5. The van der Waals surface area contributed by atoms with Gasteiger partial charge in [0.1, 0.15) is 18.1 Å². The average molecular weight is 340 g/mol. The summed E-state index contributed by atoms with van der Waals surface area (Å²) in [6.45, 7) is 5.27. The molecule has 1 aromatic carbocycles. The van der Waals surface area contributed by atoms with Crippen molar-refractivity contribution < 1.29 is 18.5 Å². The molecule has 0 unspecified atom stereocenters. The van der Waals surface area contributed by atoms with Crippen LogP contribution in [0.5, 0.6) is 11.5 Å². The van der Waals surface area contributed by atoms with Crippen LogP contribution in [0.15, 0.2) is 24.3 Å². The summed E-state index contributed by atoms with van der Waals surface area (Å²) in [7, 11) is -0.709. The largest absolute Gasteiger partial charge is 0.494 e. The van der Waals surface area contributed by atoms with E-state index in [1.807, 2.05) is 36.1 Å². The first kappa shape index (κ1) is 17.7. The summed E-state index contributed by atoms with van der Waals surface area (Å²) in [5.41, 5.74) is 0. The second-order valence-corrected chi connectivity index (χ2v) is 6.92. The predicted octanol–water partition coefficient (Wildman–Crippen LogP) is 0.645. The van der Waals surface area contributed by atoms with E-state index in [9.17, 15) is 9.00 Å². The highest BCUT2D eigenvalue weighted by Gasteiger charge is 2.17. The molecule has 2 rings (SSSR count). The van der Waals surface area contributed by atoms with Crippen LogP contribution in [0.2, 0.25) is 0 Å². The zero-order chi connectivity index (χ0) is 16.5. The van der Waals surface area contributed by atoms with Crippen molar-refractivity contribution in [1.82, 2.24) is 10.2 Å². The molecule has 0 radical (unpaired) electrons. The van der Waals surface area contributed by atoms with E-state index in [0.29, 0.717) is 37.8 Å². The zero-order valence-corrected chi connectivity index (χ0v) is 14.3. The molecular weight excluding hydrogens is 316 g/mol. The van der Waals surface area contributed by atoms with E-state index in [-0.39, 0.29) is 5.91 Å². The Kier molecular flexibility index (Phi) is 7.35. The molecule has 1 heterocycles. The number of benzene rings is 1. The Balaban J connectivity index is 1.59. The number of ether oxygens (including phenoxy) is 2. The van der Waals surface area contributed by atoms with E-state index >= 15 is 0 Å². The van der Waals surface area contributed by atoms with Crippen LogP contribution in [-0.4, -0.2) is 65.9 Å². The molecule has 1 amide bonds. The van der Waals surface area contributed by atoms with Gasteiger partial charge in [0.25, 0.3) is 0 Å². The minimum atomic E-state index is -0.709. The van der Waals surface area contributed by atoms with Crippen LogP contribution in [0.25, 0.3) is 0 Å². The third kappa shape index (κ3) is 6.58. The van der Waals surface area contributed by atoms with Crippen molar-refractivity contribution in [3.8, 4) is 11.5 Å². The highest BCUT2D eigenvalue weighted by molar-refractivity contribution is 7.85. The zero-order valence-electron chi connectivity index (χ0n) is 13.5. The Hall–Kier alpha value is -1.60. The fourth-order valence-electron chi connectivity index (χ4n) is 2.25. The molecule has 1 N–H and O–H groups in total. The van der Waals surface area contributed by atoms with Crippen molar-refractivity contribution in [2.45, 2.75) is 6.92 Å². The van der Waals surface area contributed by atoms with E-state index < -0.39 is 10.8 Å². The van der Waals surface area contributed by atoms with Gasteiger partial charge in [0.05, 0.1) is 19.7 Å². The van der Waals surface area contributed by atoms with Gasteiger partial charge in [-0.15, -0.1) is 0 Å². The molecule has 0 spiro atoms. The number of amides is 1. The molecule has 23 heavy (non-hydrogen) atoms. The molecule has 0 bridgehead atoms. The van der Waals surface area contributed by atoms with Gasteiger partial charge in [-0.3, -0.25) is 13.9 Å². The maximum absolute atomic E-state index is 11.8. The molecule has 0 atom stereocenters. The summed E-state index contributed by atoms with van der Waals surface area (Å²) < 4.78 is 22.2. The predicted molar refractivity (Wildman–Crippen MR) is 90.4 cm³/mol. The van der Waals surface area contributed by atoms with E-state index in [4.69, 9.17) is 9.47 Å². The molecule has 0 saturated carbocycles. The number of rotatable bonds is 8. The first-order chi connectivity index (χ1) is 11.2. The third-order valence-electron chi connectivity index (χ3n) is 3.47. The number of nitrogens with zero attached hydrogens (tertiary/aromatic N) is 1. The van der Waals surface area contributed by atoms with Gasteiger partial charge in [-0.2, -0.15) is 0 Å². The summed E-state index contributed by atoms with van der Waals surface area (Å²) in [5, 5.41) is 2.84. The summed E-state index contributed by atoms with van der Waals surface area (Å²) >= 11 is 0. The molecule has 7 heteroatoms. The quantitative estimate of drug-likeness (QED) is 0.704. The first-order valence-electron chi connectivity index (χ1n) is 7.87. The van der Waals surface area contributed by atoms with Gasteiger partial charge in [0.15, 0.2) is 0 Å². The lowest BCUT2D eigenvalue weighted by Gasteiger charge is -2.25. The lowest BCUT2D eigenvalue weighted by Crippen LogP contribution is -2.44. The highest BCUT2D eigenvalue weighted by atomic mass is 32.2. The van der Waals surface area contributed by atoms with Crippen LogP contribution in [-0.2, 0) is 15.6 Å². The van der Waals surface area contributed by atoms with Gasteiger partial charge in [0, 0.05) is 35.4 Å². The summed E-state index contributed by atoms with van der Waals surface area (Å²) in [4.78, 5) is 13.9. The molecule has 1 aromatic rings. The number of carbonyl (C=O) groups excluding carboxylic acids is 1. The van der Waals surface area contributed by atoms with Gasteiger partial charge in [-0.1, -0.05) is 0 Å². The number of carbonyl (C=O) groups is 1. The molecule has 0 aromatic heterocycles. The monoisotopic (exact) mass is 340 g/mol. The Morgan fingerprint density at radius 3 is 2.39 bits per heavy atom. The standard InChI is InChI=1S/C16H24N2O4S/c1-2-21-14-3-5-15(6-4-14)22-10-7-17-16(19)13-18-8-11-23(20)12-9-18/h3-6H,2,7-13H2,1H3,(H,17,19). The molecule has 0 aliphatic carbocycles. The Morgan fingerprint density at radius 2 is 1.78 bits per heavy atom. The second-order valence-electron chi connectivity index (χ2n) is 5.23. The van der Waals surface area contributed by atoms with Gasteiger partial charge in [0.2, 0.25) is 5.91 Å². The minimum Gasteiger partial charge on any atom is -0.494 e. The Labute approximate surface area is 139 Å². The smallest absolute Gasteiger partial charge is 0.234 e. The fraction of sp³-hybridized carbons (Fsp3) is 0.562. The molecule has 128 valence electrons. The van der Waals surface area contributed by atoms with Gasteiger partial charge in [-0.25, -0.2) is 0 Å². The lowest BCUT2D eigenvalue weighted by atomic mass is 10.3. The topological polar surface area (TPSA) is 67.9 Å². The maximum atomic E-state index is 11.8. The molecule has 1 aliphatic rings. The molecular formula is C16H24N2O4S. The Bertz CT molecular complexity index is 511. The van der Waals surface area contributed by atoms with Crippen molar-refractivity contribution >= 4 is 16.7 Å². The van der Waals surface area contributed by atoms with Gasteiger partial charge < -0.3 is 14.8 Å². The van der Waals surface area contributed by atoms with E-state index in [1.165, 1.54) is 0 Å². The van der Waals surface area contributed by atoms with Crippen molar-refractivity contribution in [1.29, 1.82) is 0 Å². The minimum absolute atomic E-state index is 0.0204. The van der Waals surface area contributed by atoms with Crippen molar-refractivity contribution in [3.05, 3.63) is 24.3 Å². The summed E-state index contributed by atoms with van der Waals surface area (Å²) in [6, 6.07) is 7.41. The van der Waals surface area contributed by atoms with Crippen molar-refractivity contribution in [2.75, 3.05) is 50.9 Å². The van der Waals surface area contributed by atoms with Crippen LogP contribution >= 0.6 is 0 Å². The lowest BCUT2D eigenvalue weighted by molar-refractivity contribution is -0.122. The van der Waals surface area contributed by atoms with Crippen LogP contribution in [0.1, 0.15) is 6.92 Å². The Morgan fingerprint density at radius 1 is 1.17 bits per heavy atom. The molecule has 1 saturated heterocycles. The summed E-state index contributed by atoms with van der Waals surface area (Å²) in [6.07, 6.45) is 0. The van der Waals surface area contributed by atoms with Crippen LogP contribution in [0.4, 0.5) is 0 Å².